The van der Waals surface area contributed by atoms with E-state index in [1.165, 1.54) is 5.57 Å². The van der Waals surface area contributed by atoms with E-state index >= 15 is 0 Å². The van der Waals surface area contributed by atoms with Crippen molar-refractivity contribution in [1.82, 2.24) is 9.97 Å². The van der Waals surface area contributed by atoms with Crippen LogP contribution in [0, 0.1) is 0 Å². The van der Waals surface area contributed by atoms with Crippen molar-refractivity contribution >= 4 is 21.7 Å². The molecule has 1 aromatic heterocycles. The third kappa shape index (κ3) is 1.95. The molecule has 0 unspecified atom stereocenters. The first-order valence-electron chi connectivity index (χ1n) is 4.63. The van der Waals surface area contributed by atoms with Gasteiger partial charge in [0.25, 0.3) is 0 Å². The summed E-state index contributed by atoms with van der Waals surface area (Å²) in [6.07, 6.45) is 6.76. The van der Waals surface area contributed by atoms with Crippen LogP contribution in [0.3, 0.4) is 0 Å². The highest BCUT2D eigenvalue weighted by Gasteiger charge is 2.14. The van der Waals surface area contributed by atoms with Crippen LogP contribution in [0.1, 0.15) is 13.3 Å². The lowest BCUT2D eigenvalue weighted by atomic mass is 10.1. The first-order valence-corrected chi connectivity index (χ1v) is 5.43. The van der Waals surface area contributed by atoms with Crippen LogP contribution in [0.4, 0.5) is 5.82 Å². The monoisotopic (exact) mass is 253 g/mol. The van der Waals surface area contributed by atoms with Gasteiger partial charge < -0.3 is 4.90 Å². The van der Waals surface area contributed by atoms with Crippen LogP contribution in [0.5, 0.6) is 0 Å². The molecule has 0 fully saturated rings. The molecule has 0 bridgehead atoms. The summed E-state index contributed by atoms with van der Waals surface area (Å²) >= 11 is 3.47. The summed E-state index contributed by atoms with van der Waals surface area (Å²) < 4.78 is 0.967. The second kappa shape index (κ2) is 4.09. The molecule has 0 aromatic carbocycles. The molecule has 0 atom stereocenters. The van der Waals surface area contributed by atoms with Crippen molar-refractivity contribution < 1.29 is 0 Å². The minimum Gasteiger partial charge on any atom is -0.351 e. The maximum Gasteiger partial charge on any atom is 0.146 e. The molecular formula is C10H12BrN3. The van der Waals surface area contributed by atoms with Crippen LogP contribution in [0.25, 0.3) is 0 Å². The molecule has 0 amide bonds. The first-order chi connectivity index (χ1) is 6.77. The van der Waals surface area contributed by atoms with Gasteiger partial charge >= 0.3 is 0 Å². The third-order valence-electron chi connectivity index (χ3n) is 2.28. The fourth-order valence-corrected chi connectivity index (χ4v) is 2.10. The average molecular weight is 254 g/mol. The molecule has 1 aromatic rings. The van der Waals surface area contributed by atoms with Crippen molar-refractivity contribution in [3.05, 3.63) is 28.6 Å². The molecule has 74 valence electrons. The first kappa shape index (κ1) is 9.65. The van der Waals surface area contributed by atoms with Crippen molar-refractivity contribution in [2.75, 3.05) is 18.0 Å². The largest absolute Gasteiger partial charge is 0.351 e. The Morgan fingerprint density at radius 2 is 2.36 bits per heavy atom. The van der Waals surface area contributed by atoms with Crippen molar-refractivity contribution in [1.29, 1.82) is 0 Å². The maximum atomic E-state index is 4.28. The fraction of sp³-hybridized carbons (Fsp3) is 0.400. The Labute approximate surface area is 92.0 Å². The second-order valence-electron chi connectivity index (χ2n) is 3.45. The summed E-state index contributed by atoms with van der Waals surface area (Å²) in [4.78, 5) is 10.5. The van der Waals surface area contributed by atoms with Gasteiger partial charge in [0.1, 0.15) is 12.1 Å². The number of aromatic nitrogens is 2. The molecule has 0 spiro atoms. The third-order valence-corrected chi connectivity index (χ3v) is 2.84. The summed E-state index contributed by atoms with van der Waals surface area (Å²) in [6, 6.07) is 0. The van der Waals surface area contributed by atoms with Crippen molar-refractivity contribution in [3.63, 3.8) is 0 Å². The van der Waals surface area contributed by atoms with E-state index in [9.17, 15) is 0 Å². The topological polar surface area (TPSA) is 29.0 Å². The summed E-state index contributed by atoms with van der Waals surface area (Å²) in [7, 11) is 0. The van der Waals surface area contributed by atoms with Crippen LogP contribution in [0.2, 0.25) is 0 Å². The van der Waals surface area contributed by atoms with Gasteiger partial charge in [-0.05, 0) is 29.3 Å². The summed E-state index contributed by atoms with van der Waals surface area (Å²) in [6.45, 7) is 4.16. The molecule has 1 aliphatic rings. The van der Waals surface area contributed by atoms with Gasteiger partial charge in [0, 0.05) is 19.3 Å². The minimum atomic E-state index is 0.967. The summed E-state index contributed by atoms with van der Waals surface area (Å²) in [5.41, 5.74) is 1.40. The lowest BCUT2D eigenvalue weighted by Gasteiger charge is -2.27. The van der Waals surface area contributed by atoms with Gasteiger partial charge in [0.05, 0.1) is 4.47 Å². The number of nitrogens with zero attached hydrogens (tertiary/aromatic N) is 3. The summed E-state index contributed by atoms with van der Waals surface area (Å²) in [5.74, 6) is 0.993. The lowest BCUT2D eigenvalue weighted by Crippen LogP contribution is -2.30. The van der Waals surface area contributed by atoms with Crippen LogP contribution in [-0.4, -0.2) is 23.1 Å². The molecule has 3 nitrogen and oxygen atoms in total. The lowest BCUT2D eigenvalue weighted by molar-refractivity contribution is 0.773. The predicted octanol–water partition coefficient (Wildman–Crippen LogP) is 2.40. The number of anilines is 1. The zero-order chi connectivity index (χ0) is 9.97. The van der Waals surface area contributed by atoms with E-state index < -0.39 is 0 Å². The number of rotatable bonds is 1. The normalized spacial score (nSPS) is 16.7. The Hall–Kier alpha value is -0.900. The second-order valence-corrected chi connectivity index (χ2v) is 4.31. The molecule has 14 heavy (non-hydrogen) atoms. The predicted molar refractivity (Wildman–Crippen MR) is 60.3 cm³/mol. The van der Waals surface area contributed by atoms with E-state index in [4.69, 9.17) is 0 Å². The van der Waals surface area contributed by atoms with Gasteiger partial charge in [-0.2, -0.15) is 0 Å². The van der Waals surface area contributed by atoms with Gasteiger partial charge in [-0.25, -0.2) is 9.97 Å². The van der Waals surface area contributed by atoms with E-state index in [0.29, 0.717) is 0 Å². The molecule has 2 rings (SSSR count). The fourth-order valence-electron chi connectivity index (χ4n) is 1.63. The van der Waals surface area contributed by atoms with Crippen molar-refractivity contribution in [2.45, 2.75) is 13.3 Å². The highest BCUT2D eigenvalue weighted by Crippen LogP contribution is 2.24. The van der Waals surface area contributed by atoms with Gasteiger partial charge in [-0.15, -0.1) is 0 Å². The van der Waals surface area contributed by atoms with Gasteiger partial charge in [-0.1, -0.05) is 11.6 Å². The van der Waals surface area contributed by atoms with Crippen LogP contribution < -0.4 is 4.90 Å². The standard InChI is InChI=1S/C10H12BrN3/c1-8-3-2-4-14(6-8)10-9(11)5-12-7-13-10/h3,5,7H,2,4,6H2,1H3. The molecule has 1 aliphatic heterocycles. The number of halogens is 1. The van der Waals surface area contributed by atoms with Gasteiger partial charge in [0.2, 0.25) is 0 Å². The number of hydrogen-bond donors (Lipinski definition) is 0. The zero-order valence-electron chi connectivity index (χ0n) is 8.07. The maximum absolute atomic E-state index is 4.28. The molecule has 0 radical (unpaired) electrons. The molecule has 0 N–H and O–H groups in total. The highest BCUT2D eigenvalue weighted by atomic mass is 79.9. The van der Waals surface area contributed by atoms with Crippen molar-refractivity contribution in [3.8, 4) is 0 Å². The smallest absolute Gasteiger partial charge is 0.146 e. The molecule has 0 saturated carbocycles. The molecular weight excluding hydrogens is 242 g/mol. The van der Waals surface area contributed by atoms with Crippen LogP contribution in [-0.2, 0) is 0 Å². The van der Waals surface area contributed by atoms with E-state index in [1.54, 1.807) is 12.5 Å². The van der Waals surface area contributed by atoms with E-state index in [-0.39, 0.29) is 0 Å². The Bertz CT molecular complexity index is 362. The van der Waals surface area contributed by atoms with Crippen molar-refractivity contribution in [2.24, 2.45) is 0 Å². The number of hydrogen-bond acceptors (Lipinski definition) is 3. The van der Waals surface area contributed by atoms with Gasteiger partial charge in [0.15, 0.2) is 0 Å². The van der Waals surface area contributed by atoms with Crippen LogP contribution >= 0.6 is 15.9 Å². The Morgan fingerprint density at radius 1 is 1.50 bits per heavy atom. The minimum absolute atomic E-state index is 0.967. The Morgan fingerprint density at radius 3 is 3.07 bits per heavy atom. The summed E-state index contributed by atoms with van der Waals surface area (Å²) in [5, 5.41) is 0. The Balaban J connectivity index is 2.24. The van der Waals surface area contributed by atoms with E-state index in [2.05, 4.69) is 43.8 Å². The SMILES string of the molecule is CC1=CCCN(c2ncncc2Br)C1. The highest BCUT2D eigenvalue weighted by molar-refractivity contribution is 9.10. The molecule has 4 heteroatoms. The van der Waals surface area contributed by atoms with Gasteiger partial charge in [-0.3, -0.25) is 0 Å². The molecule has 0 aliphatic carbocycles. The quantitative estimate of drug-likeness (QED) is 0.720. The Kier molecular flexibility index (Phi) is 2.82. The molecule has 0 saturated heterocycles. The van der Waals surface area contributed by atoms with E-state index in [0.717, 1.165) is 29.8 Å². The average Bonchev–Trinajstić information content (AvgIpc) is 2.18. The molecule has 2 heterocycles. The van der Waals surface area contributed by atoms with E-state index in [1.807, 2.05) is 0 Å². The van der Waals surface area contributed by atoms with Crippen LogP contribution in [0.15, 0.2) is 28.6 Å². The zero-order valence-corrected chi connectivity index (χ0v) is 9.66.